The van der Waals surface area contributed by atoms with Gasteiger partial charge in [0.15, 0.2) is 0 Å². The fraction of sp³-hybridized carbons (Fsp3) is 0.125. The van der Waals surface area contributed by atoms with E-state index in [1.165, 1.54) is 0 Å². The smallest absolute Gasteiger partial charge is 0.134 e. The van der Waals surface area contributed by atoms with Gasteiger partial charge >= 0.3 is 0 Å². The summed E-state index contributed by atoms with van der Waals surface area (Å²) in [6.07, 6.45) is 1.67. The average Bonchev–Trinajstić information content (AvgIpc) is 3.10. The molecule has 0 bridgehead atoms. The van der Waals surface area contributed by atoms with E-state index < -0.39 is 0 Å². The second-order valence-electron chi connectivity index (χ2n) is 4.46. The van der Waals surface area contributed by atoms with E-state index >= 15 is 0 Å². The quantitative estimate of drug-likeness (QED) is 0.752. The largest absolute Gasteiger partial charge is 0.468 e. The molecule has 1 aromatic carbocycles. The Hall–Kier alpha value is -1.97. The molecule has 0 atom stereocenters. The average molecular weight is 288 g/mol. The Labute approximate surface area is 122 Å². The second-order valence-corrected chi connectivity index (χ2v) is 4.90. The number of hydrogen-bond acceptors (Lipinski definition) is 3. The molecule has 0 saturated heterocycles. The highest BCUT2D eigenvalue weighted by Crippen LogP contribution is 2.24. The molecule has 0 aliphatic heterocycles. The van der Waals surface area contributed by atoms with Gasteiger partial charge in [-0.2, -0.15) is 0 Å². The van der Waals surface area contributed by atoms with Crippen molar-refractivity contribution in [2.24, 2.45) is 0 Å². The minimum absolute atomic E-state index is 0.654. The molecule has 0 fully saturated rings. The van der Waals surface area contributed by atoms with Gasteiger partial charge in [0.25, 0.3) is 0 Å². The molecule has 0 aliphatic rings. The van der Waals surface area contributed by atoms with E-state index in [2.05, 4.69) is 5.32 Å². The molecule has 0 spiro atoms. The summed E-state index contributed by atoms with van der Waals surface area (Å²) >= 11 is 5.98. The third kappa shape index (κ3) is 3.13. The normalized spacial score (nSPS) is 10.8. The Bertz CT molecular complexity index is 673. The van der Waals surface area contributed by atoms with Crippen molar-refractivity contribution in [3.05, 3.63) is 71.3 Å². The molecular weight excluding hydrogens is 274 g/mol. The Kier molecular flexibility index (Phi) is 3.90. The van der Waals surface area contributed by atoms with Crippen molar-refractivity contribution in [1.82, 2.24) is 5.32 Å². The summed E-state index contributed by atoms with van der Waals surface area (Å²) in [6, 6.07) is 15.4. The van der Waals surface area contributed by atoms with Crippen LogP contribution in [0.4, 0.5) is 0 Å². The monoisotopic (exact) mass is 287 g/mol. The summed E-state index contributed by atoms with van der Waals surface area (Å²) in [7, 11) is 0. The van der Waals surface area contributed by atoms with Gasteiger partial charge in [-0.25, -0.2) is 0 Å². The summed E-state index contributed by atoms with van der Waals surface area (Å²) in [6.45, 7) is 1.33. The van der Waals surface area contributed by atoms with Crippen LogP contribution >= 0.6 is 11.6 Å². The zero-order chi connectivity index (χ0) is 13.8. The van der Waals surface area contributed by atoms with Gasteiger partial charge in [0.05, 0.1) is 19.4 Å². The van der Waals surface area contributed by atoms with Crippen molar-refractivity contribution in [3.63, 3.8) is 0 Å². The maximum Gasteiger partial charge on any atom is 0.134 e. The number of nitrogens with one attached hydrogen (secondary N) is 1. The van der Waals surface area contributed by atoms with Crippen molar-refractivity contribution < 1.29 is 8.83 Å². The molecule has 0 saturated carbocycles. The maximum absolute atomic E-state index is 5.98. The summed E-state index contributed by atoms with van der Waals surface area (Å²) < 4.78 is 11.0. The lowest BCUT2D eigenvalue weighted by atomic mass is 10.2. The number of furan rings is 2. The predicted octanol–water partition coefficient (Wildman–Crippen LogP) is 4.48. The second kappa shape index (κ2) is 5.99. The number of hydrogen-bond donors (Lipinski definition) is 1. The minimum Gasteiger partial charge on any atom is -0.468 e. The van der Waals surface area contributed by atoms with Crippen LogP contribution in [-0.4, -0.2) is 0 Å². The Morgan fingerprint density at radius 1 is 0.950 bits per heavy atom. The molecule has 0 radical (unpaired) electrons. The Morgan fingerprint density at radius 2 is 1.85 bits per heavy atom. The third-order valence-corrected chi connectivity index (χ3v) is 3.18. The van der Waals surface area contributed by atoms with Gasteiger partial charge in [0.2, 0.25) is 0 Å². The first-order valence-electron chi connectivity index (χ1n) is 6.39. The van der Waals surface area contributed by atoms with Gasteiger partial charge < -0.3 is 14.2 Å². The molecular formula is C16H14ClNO2. The lowest BCUT2D eigenvalue weighted by molar-refractivity contribution is 0.455. The molecule has 102 valence electrons. The highest BCUT2D eigenvalue weighted by molar-refractivity contribution is 6.30. The summed E-state index contributed by atoms with van der Waals surface area (Å²) in [4.78, 5) is 0. The van der Waals surface area contributed by atoms with Crippen LogP contribution in [0.15, 0.2) is 63.6 Å². The lowest BCUT2D eigenvalue weighted by Crippen LogP contribution is -2.11. The molecule has 1 N–H and O–H groups in total. The summed E-state index contributed by atoms with van der Waals surface area (Å²) in [5, 5.41) is 3.97. The van der Waals surface area contributed by atoms with Crippen molar-refractivity contribution in [3.8, 4) is 11.3 Å². The number of benzene rings is 1. The molecule has 4 heteroatoms. The molecule has 3 aromatic rings. The van der Waals surface area contributed by atoms with Crippen molar-refractivity contribution in [2.45, 2.75) is 13.1 Å². The zero-order valence-corrected chi connectivity index (χ0v) is 11.6. The van der Waals surface area contributed by atoms with E-state index in [9.17, 15) is 0 Å². The van der Waals surface area contributed by atoms with Crippen LogP contribution in [0, 0.1) is 0 Å². The Balaban J connectivity index is 1.62. The van der Waals surface area contributed by atoms with Crippen LogP contribution in [-0.2, 0) is 13.1 Å². The van der Waals surface area contributed by atoms with Gasteiger partial charge in [-0.1, -0.05) is 23.7 Å². The van der Waals surface area contributed by atoms with Crippen molar-refractivity contribution >= 4 is 11.6 Å². The standard InChI is InChI=1S/C16H14ClNO2/c17-13-4-1-3-12(9-13)16-7-6-15(20-16)11-18-10-14-5-2-8-19-14/h1-9,18H,10-11H2. The van der Waals surface area contributed by atoms with Gasteiger partial charge in [0.1, 0.15) is 17.3 Å². The van der Waals surface area contributed by atoms with Crippen LogP contribution < -0.4 is 5.32 Å². The first-order chi connectivity index (χ1) is 9.81. The molecule has 0 aliphatic carbocycles. The van der Waals surface area contributed by atoms with E-state index in [0.29, 0.717) is 18.1 Å². The third-order valence-electron chi connectivity index (χ3n) is 2.95. The molecule has 3 nitrogen and oxygen atoms in total. The fourth-order valence-corrected chi connectivity index (χ4v) is 2.18. The van der Waals surface area contributed by atoms with Gasteiger partial charge in [-0.3, -0.25) is 0 Å². The fourth-order valence-electron chi connectivity index (χ4n) is 1.99. The SMILES string of the molecule is Clc1cccc(-c2ccc(CNCc3ccco3)o2)c1. The molecule has 2 aromatic heterocycles. The van der Waals surface area contributed by atoms with Crippen LogP contribution in [0.3, 0.4) is 0 Å². The summed E-state index contributed by atoms with van der Waals surface area (Å²) in [5.74, 6) is 2.61. The molecule has 2 heterocycles. The molecule has 20 heavy (non-hydrogen) atoms. The first kappa shape index (κ1) is 13.0. The highest BCUT2D eigenvalue weighted by Gasteiger charge is 2.05. The number of rotatable bonds is 5. The summed E-state index contributed by atoms with van der Waals surface area (Å²) in [5.41, 5.74) is 0.981. The zero-order valence-electron chi connectivity index (χ0n) is 10.8. The van der Waals surface area contributed by atoms with E-state index in [-0.39, 0.29) is 0 Å². The van der Waals surface area contributed by atoms with E-state index in [4.69, 9.17) is 20.4 Å². The molecule has 0 amide bonds. The molecule has 3 rings (SSSR count). The highest BCUT2D eigenvalue weighted by atomic mass is 35.5. The van der Waals surface area contributed by atoms with E-state index in [1.807, 2.05) is 48.5 Å². The number of halogens is 1. The van der Waals surface area contributed by atoms with E-state index in [1.54, 1.807) is 6.26 Å². The first-order valence-corrected chi connectivity index (χ1v) is 6.77. The van der Waals surface area contributed by atoms with Gasteiger partial charge in [0, 0.05) is 10.6 Å². The molecule has 0 unspecified atom stereocenters. The maximum atomic E-state index is 5.98. The Morgan fingerprint density at radius 3 is 2.65 bits per heavy atom. The van der Waals surface area contributed by atoms with Crippen LogP contribution in [0.2, 0.25) is 5.02 Å². The van der Waals surface area contributed by atoms with Gasteiger partial charge in [-0.05, 0) is 36.4 Å². The van der Waals surface area contributed by atoms with Crippen LogP contribution in [0.5, 0.6) is 0 Å². The minimum atomic E-state index is 0.654. The van der Waals surface area contributed by atoms with Crippen LogP contribution in [0.25, 0.3) is 11.3 Å². The predicted molar refractivity (Wildman–Crippen MR) is 78.4 cm³/mol. The van der Waals surface area contributed by atoms with Crippen molar-refractivity contribution in [2.75, 3.05) is 0 Å². The van der Waals surface area contributed by atoms with Crippen molar-refractivity contribution in [1.29, 1.82) is 0 Å². The van der Waals surface area contributed by atoms with Gasteiger partial charge in [-0.15, -0.1) is 0 Å². The van der Waals surface area contributed by atoms with Crippen LogP contribution in [0.1, 0.15) is 11.5 Å². The topological polar surface area (TPSA) is 38.3 Å². The van der Waals surface area contributed by atoms with E-state index in [0.717, 1.165) is 22.8 Å². The lowest BCUT2D eigenvalue weighted by Gasteiger charge is -2.00.